The number of carboxylic acids is 1. The molecule has 1 N–H and O–H groups in total. The van der Waals surface area contributed by atoms with E-state index in [9.17, 15) is 18.7 Å². The van der Waals surface area contributed by atoms with Gasteiger partial charge in [-0.05, 0) is 24.6 Å². The molecule has 1 fully saturated rings. The van der Waals surface area contributed by atoms with E-state index in [1.165, 1.54) is 6.07 Å². The van der Waals surface area contributed by atoms with Gasteiger partial charge in [0.2, 0.25) is 5.92 Å². The number of carboxylic acid groups (broad SMARTS) is 1. The number of hydrogen-bond acceptors (Lipinski definition) is 3. The van der Waals surface area contributed by atoms with Crippen LogP contribution in [0.15, 0.2) is 24.3 Å². The Bertz CT molecular complexity index is 767. The lowest BCUT2D eigenvalue weighted by atomic mass is 10.1. The zero-order valence-electron chi connectivity index (χ0n) is 12.2. The van der Waals surface area contributed by atoms with Crippen molar-refractivity contribution in [2.75, 3.05) is 18.0 Å². The fourth-order valence-electron chi connectivity index (χ4n) is 2.82. The minimum absolute atomic E-state index is 0.0178. The molecular weight excluding hydrogens is 326 g/mol. The first kappa shape index (κ1) is 15.9. The number of carbonyl (C=O) groups is 1. The third-order valence-corrected chi connectivity index (χ3v) is 4.36. The number of rotatable bonds is 2. The average Bonchev–Trinajstić information content (AvgIpc) is 2.67. The van der Waals surface area contributed by atoms with Crippen LogP contribution in [0, 0.1) is 0 Å². The van der Waals surface area contributed by atoms with Crippen LogP contribution in [0.5, 0.6) is 0 Å². The Morgan fingerprint density at radius 2 is 2.09 bits per heavy atom. The normalized spacial score (nSPS) is 18.0. The minimum atomic E-state index is -2.71. The van der Waals surface area contributed by atoms with Crippen molar-refractivity contribution in [2.24, 2.45) is 0 Å². The highest BCUT2D eigenvalue weighted by Gasteiger charge is 2.33. The van der Waals surface area contributed by atoms with Crippen LogP contribution in [-0.2, 0) is 0 Å². The molecule has 1 aromatic carbocycles. The van der Waals surface area contributed by atoms with Gasteiger partial charge < -0.3 is 10.0 Å². The fourth-order valence-corrected chi connectivity index (χ4v) is 3.05. The molecular formula is C16H15ClF2N2O2. The number of fused-ring (bicyclic) bond motifs is 1. The molecule has 0 spiro atoms. The SMILES string of the molecule is O=C(O)c1cc2c(Cl)cccc2nc1N1CCCC(F)(F)CC1. The molecule has 1 saturated heterocycles. The fraction of sp³-hybridized carbons (Fsp3) is 0.375. The van der Waals surface area contributed by atoms with Crippen molar-refractivity contribution < 1.29 is 18.7 Å². The van der Waals surface area contributed by atoms with E-state index in [1.54, 1.807) is 23.1 Å². The van der Waals surface area contributed by atoms with Crippen molar-refractivity contribution in [3.05, 3.63) is 34.9 Å². The number of nitrogens with zero attached hydrogens (tertiary/aromatic N) is 2. The zero-order valence-corrected chi connectivity index (χ0v) is 13.0. The molecule has 0 radical (unpaired) electrons. The summed E-state index contributed by atoms with van der Waals surface area (Å²) >= 11 is 6.09. The van der Waals surface area contributed by atoms with Crippen molar-refractivity contribution in [1.82, 2.24) is 4.98 Å². The predicted octanol–water partition coefficient (Wildman–Crippen LogP) is 4.21. The number of alkyl halides is 2. The molecule has 23 heavy (non-hydrogen) atoms. The number of aromatic carboxylic acids is 1. The minimum Gasteiger partial charge on any atom is -0.478 e. The molecule has 2 aromatic rings. The van der Waals surface area contributed by atoms with Gasteiger partial charge in [-0.15, -0.1) is 0 Å². The van der Waals surface area contributed by atoms with Crippen LogP contribution in [0.4, 0.5) is 14.6 Å². The Labute approximate surface area is 136 Å². The van der Waals surface area contributed by atoms with Gasteiger partial charge in [0.15, 0.2) is 0 Å². The summed E-state index contributed by atoms with van der Waals surface area (Å²) < 4.78 is 27.1. The van der Waals surface area contributed by atoms with Gasteiger partial charge >= 0.3 is 5.97 Å². The van der Waals surface area contributed by atoms with E-state index >= 15 is 0 Å². The molecule has 0 bridgehead atoms. The lowest BCUT2D eigenvalue weighted by molar-refractivity contribution is -0.0102. The standard InChI is InChI=1S/C16H15ClF2N2O2/c17-12-3-1-4-13-10(12)9-11(15(22)23)14(20-13)21-7-2-5-16(18,19)6-8-21/h1,3-4,9H,2,5-8H2,(H,22,23). The topological polar surface area (TPSA) is 53.4 Å². The smallest absolute Gasteiger partial charge is 0.339 e. The summed E-state index contributed by atoms with van der Waals surface area (Å²) in [5, 5.41) is 10.4. The van der Waals surface area contributed by atoms with E-state index < -0.39 is 11.9 Å². The molecule has 0 aliphatic carbocycles. The zero-order chi connectivity index (χ0) is 16.6. The number of halogens is 3. The van der Waals surface area contributed by atoms with Gasteiger partial charge in [-0.3, -0.25) is 0 Å². The van der Waals surface area contributed by atoms with Gasteiger partial charge in [-0.2, -0.15) is 0 Å². The number of benzene rings is 1. The van der Waals surface area contributed by atoms with Crippen LogP contribution >= 0.6 is 11.6 Å². The van der Waals surface area contributed by atoms with Gasteiger partial charge in [-0.1, -0.05) is 17.7 Å². The Balaban J connectivity index is 2.08. The molecule has 0 atom stereocenters. The van der Waals surface area contributed by atoms with E-state index in [2.05, 4.69) is 4.98 Å². The van der Waals surface area contributed by atoms with Crippen LogP contribution in [0.1, 0.15) is 29.6 Å². The molecule has 0 unspecified atom stereocenters. The highest BCUT2D eigenvalue weighted by atomic mass is 35.5. The molecule has 3 rings (SSSR count). The predicted molar refractivity (Wildman–Crippen MR) is 84.7 cm³/mol. The van der Waals surface area contributed by atoms with Crippen molar-refractivity contribution in [3.8, 4) is 0 Å². The molecule has 4 nitrogen and oxygen atoms in total. The third-order valence-electron chi connectivity index (χ3n) is 4.03. The van der Waals surface area contributed by atoms with E-state index in [-0.39, 0.29) is 30.8 Å². The van der Waals surface area contributed by atoms with Gasteiger partial charge in [-0.25, -0.2) is 18.6 Å². The number of aromatic nitrogens is 1. The molecule has 2 heterocycles. The first-order valence-electron chi connectivity index (χ1n) is 7.33. The molecule has 1 aliphatic rings. The Morgan fingerprint density at radius 1 is 1.30 bits per heavy atom. The van der Waals surface area contributed by atoms with Crippen LogP contribution in [-0.4, -0.2) is 35.1 Å². The van der Waals surface area contributed by atoms with E-state index in [4.69, 9.17) is 11.6 Å². The van der Waals surface area contributed by atoms with Gasteiger partial charge in [0.05, 0.1) is 5.52 Å². The molecule has 1 aromatic heterocycles. The Hall–Kier alpha value is -1.95. The quantitative estimate of drug-likeness (QED) is 0.889. The van der Waals surface area contributed by atoms with E-state index in [0.29, 0.717) is 28.9 Å². The lowest BCUT2D eigenvalue weighted by Gasteiger charge is -2.23. The van der Waals surface area contributed by atoms with Crippen molar-refractivity contribution in [2.45, 2.75) is 25.2 Å². The second-order valence-electron chi connectivity index (χ2n) is 5.67. The van der Waals surface area contributed by atoms with E-state index in [0.717, 1.165) is 0 Å². The first-order chi connectivity index (χ1) is 10.9. The highest BCUT2D eigenvalue weighted by Crippen LogP contribution is 2.33. The Morgan fingerprint density at radius 3 is 2.83 bits per heavy atom. The third kappa shape index (κ3) is 3.22. The first-order valence-corrected chi connectivity index (χ1v) is 7.70. The van der Waals surface area contributed by atoms with Crippen molar-refractivity contribution in [1.29, 1.82) is 0 Å². The lowest BCUT2D eigenvalue weighted by Crippen LogP contribution is -2.28. The summed E-state index contributed by atoms with van der Waals surface area (Å²) in [5.41, 5.74) is 0.532. The second-order valence-corrected chi connectivity index (χ2v) is 6.07. The largest absolute Gasteiger partial charge is 0.478 e. The van der Waals surface area contributed by atoms with Crippen molar-refractivity contribution in [3.63, 3.8) is 0 Å². The number of pyridine rings is 1. The summed E-state index contributed by atoms with van der Waals surface area (Å²) in [7, 11) is 0. The van der Waals surface area contributed by atoms with Crippen LogP contribution in [0.25, 0.3) is 10.9 Å². The Kier molecular flexibility index (Phi) is 4.10. The van der Waals surface area contributed by atoms with Gasteiger partial charge in [0.25, 0.3) is 0 Å². The summed E-state index contributed by atoms with van der Waals surface area (Å²) in [6.45, 7) is 0.432. The second kappa shape index (κ2) is 5.92. The van der Waals surface area contributed by atoms with Crippen molar-refractivity contribution >= 4 is 34.3 Å². The maximum absolute atomic E-state index is 13.5. The maximum atomic E-state index is 13.5. The van der Waals surface area contributed by atoms with Crippen LogP contribution < -0.4 is 4.90 Å². The van der Waals surface area contributed by atoms with Crippen LogP contribution in [0.3, 0.4) is 0 Å². The number of hydrogen-bond donors (Lipinski definition) is 1. The summed E-state index contributed by atoms with van der Waals surface area (Å²) in [5.74, 6) is -3.63. The van der Waals surface area contributed by atoms with Gasteiger partial charge in [0.1, 0.15) is 11.4 Å². The van der Waals surface area contributed by atoms with E-state index in [1.807, 2.05) is 0 Å². The maximum Gasteiger partial charge on any atom is 0.339 e. The summed E-state index contributed by atoms with van der Waals surface area (Å²) in [6.07, 6.45) is -0.200. The average molecular weight is 341 g/mol. The molecule has 0 amide bonds. The van der Waals surface area contributed by atoms with Crippen LogP contribution in [0.2, 0.25) is 5.02 Å². The monoisotopic (exact) mass is 340 g/mol. The highest BCUT2D eigenvalue weighted by molar-refractivity contribution is 6.35. The molecule has 122 valence electrons. The number of anilines is 1. The molecule has 7 heteroatoms. The molecule has 1 aliphatic heterocycles. The summed E-state index contributed by atoms with van der Waals surface area (Å²) in [6, 6.07) is 6.57. The molecule has 0 saturated carbocycles. The summed E-state index contributed by atoms with van der Waals surface area (Å²) in [4.78, 5) is 17.6. The van der Waals surface area contributed by atoms with Gasteiger partial charge in [0, 0.05) is 36.3 Å².